The minimum Gasteiger partial charge on any atom is -0.444 e. The lowest BCUT2D eigenvalue weighted by molar-refractivity contribution is -0.139. The first-order valence-electron chi connectivity index (χ1n) is 46.3. The number of hydrogen-bond acceptors (Lipinski definition) is 14. The van der Waals surface area contributed by atoms with Crippen LogP contribution >= 0.6 is 0 Å². The van der Waals surface area contributed by atoms with Gasteiger partial charge in [0.1, 0.15) is 22.4 Å². The largest absolute Gasteiger partial charge is 0.444 e. The Morgan fingerprint density at radius 2 is 0.710 bits per heavy atom. The first-order chi connectivity index (χ1) is 57.7. The van der Waals surface area contributed by atoms with Gasteiger partial charge in [-0.1, -0.05) is 89.0 Å². The summed E-state index contributed by atoms with van der Waals surface area (Å²) in [5.41, 5.74) is 9.49. The molecule has 4 aromatic rings. The quantitative estimate of drug-likeness (QED) is 0.0762. The fraction of sp³-hybridized carbons (Fsp3) is 0.676. The summed E-state index contributed by atoms with van der Waals surface area (Å²) in [5, 5.41) is 11.6. The number of benzene rings is 3. The second kappa shape index (κ2) is 46.7. The molecule has 0 radical (unpaired) electrons. The number of pyridine rings is 1. The number of carbonyl (C=O) groups is 8. The number of aryl methyl sites for hydroxylation is 1. The molecule has 4 N–H and O–H groups in total. The number of ether oxygens (including phenoxy) is 4. The number of aromatic nitrogens is 1. The van der Waals surface area contributed by atoms with E-state index in [4.69, 9.17) is 18.9 Å². The van der Waals surface area contributed by atoms with Crippen LogP contribution in [0.25, 0.3) is 5.57 Å². The van der Waals surface area contributed by atoms with Crippen molar-refractivity contribution in [2.75, 3.05) is 90.0 Å². The fourth-order valence-corrected chi connectivity index (χ4v) is 19.8. The number of likely N-dealkylation sites (tertiary alicyclic amines) is 2. The molecule has 124 heavy (non-hydrogen) atoms. The number of nitrogens with zero attached hydrogens (tertiary/aromatic N) is 6. The van der Waals surface area contributed by atoms with Gasteiger partial charge in [0.2, 0.25) is 23.6 Å². The number of piperazine rings is 1. The number of rotatable bonds is 16. The molecule has 5 saturated carbocycles. The third-order valence-corrected chi connectivity index (χ3v) is 26.4. The molecule has 1 atom stereocenters. The van der Waals surface area contributed by atoms with Crippen LogP contribution in [-0.4, -0.2) is 186 Å². The van der Waals surface area contributed by atoms with Gasteiger partial charge in [-0.2, -0.15) is 0 Å². The summed E-state index contributed by atoms with van der Waals surface area (Å²) >= 11 is 0. The Morgan fingerprint density at radius 3 is 1.06 bits per heavy atom. The lowest BCUT2D eigenvalue weighted by Gasteiger charge is -2.41. The molecule has 0 bridgehead atoms. The van der Waals surface area contributed by atoms with Gasteiger partial charge in [-0.05, 0) is 349 Å². The smallest absolute Gasteiger partial charge is 0.407 e. The number of amides is 8. The third-order valence-electron chi connectivity index (χ3n) is 26.4. The molecule has 0 spiro atoms. The predicted octanol–water partition coefficient (Wildman–Crippen LogP) is 20.1. The Labute approximate surface area is 745 Å². The SMILES string of the molecule is C.C.C.CC(C)(C)OC(=O)NCC1CCC(C(=O)N2CCC(c3ccccc3)CC2)CC1.CC(C)(C)OC(=O)NCC1CCC(C(=O)N2CCC(c3ccncc3)CC2)CC1.CC(C)(C)OC(=O)NCC1CCC(C(=O)N2CCN(c3ccccc3)CC2)CC1.Cc1cccc2c1C1=C(C2)C(C2CC2)N(C(=O)C2CCC(CNC(=O)OC(C)(C)C)CC2)CC1. The van der Waals surface area contributed by atoms with Gasteiger partial charge in [0, 0.05) is 127 Å². The molecule has 1 aromatic heterocycles. The summed E-state index contributed by atoms with van der Waals surface area (Å²) in [7, 11) is 0. The first kappa shape index (κ1) is 101. The van der Waals surface area contributed by atoms with Gasteiger partial charge in [-0.25, -0.2) is 19.2 Å². The van der Waals surface area contributed by atoms with Crippen LogP contribution in [0.5, 0.6) is 0 Å². The lowest BCUT2D eigenvalue weighted by Crippen LogP contribution is -2.50. The highest BCUT2D eigenvalue weighted by Gasteiger charge is 2.47. The van der Waals surface area contributed by atoms with Crippen molar-refractivity contribution in [1.29, 1.82) is 0 Å². The number of nitrogens with one attached hydrogen (secondary N) is 4. The van der Waals surface area contributed by atoms with E-state index < -0.39 is 22.4 Å². The summed E-state index contributed by atoms with van der Waals surface area (Å²) in [6.45, 7) is 34.9. The summed E-state index contributed by atoms with van der Waals surface area (Å²) in [4.78, 5) is 115. The standard InChI is InChI=1S/C29H40N2O3.C24H36N2O3.2C23H35N3O3.3CH4/c1-18-6-5-7-22-16-24-23(25(18)22)14-15-31(26(24)20-12-13-20)27(32)21-10-8-19(9-11-21)17-30-28(33)34-29(2,3)4;1-24(2,3)29-23(28)25-17-18-9-11-21(12-10-18)22(27)26-15-13-20(14-16-26)19-7-5-4-6-8-19;1-23(2,3)29-22(28)25-16-17-4-6-20(7-5-17)21(27)26-14-10-19(11-15-26)18-8-12-24-13-9-18;1-23(2,3)29-22(28)24-17-18-9-11-19(12-10-18)21(27)26-15-13-25(14-16-26)20-7-5-4-6-8-20;;;/h5-7,19-21,26H,8-17H2,1-4H3,(H,30,33);4-8,18,20-21H,9-17H2,1-3H3,(H,25,28);8-9,12-13,17,19-20H,4-7,10-11,14-16H2,1-3H3,(H,25,28);4-8,18-19H,9-17H2,1-3H3,(H,24,28);3*1H4. The van der Waals surface area contributed by atoms with Crippen molar-refractivity contribution in [2.45, 2.75) is 307 Å². The molecular formula is C102H158N10O12. The van der Waals surface area contributed by atoms with Crippen LogP contribution in [0, 0.1) is 60.2 Å². The number of carbonyl (C=O) groups excluding carboxylic acids is 8. The first-order valence-corrected chi connectivity index (χ1v) is 46.3. The molecular weight excluding hydrogens is 1560 g/mol. The van der Waals surface area contributed by atoms with E-state index in [-0.39, 0.29) is 70.3 Å². The number of fused-ring (bicyclic) bond motifs is 2. The number of anilines is 1. The van der Waals surface area contributed by atoms with Crippen LogP contribution in [0.3, 0.4) is 0 Å². The Hall–Kier alpha value is -8.69. The van der Waals surface area contributed by atoms with Crippen LogP contribution in [0.15, 0.2) is 109 Å². The molecule has 8 fully saturated rings. The molecule has 22 nitrogen and oxygen atoms in total. The monoisotopic (exact) mass is 1720 g/mol. The zero-order chi connectivity index (χ0) is 86.6. The van der Waals surface area contributed by atoms with E-state index in [1.165, 1.54) is 46.3 Å². The third kappa shape index (κ3) is 30.8. The van der Waals surface area contributed by atoms with Gasteiger partial charge in [0.25, 0.3) is 0 Å². The van der Waals surface area contributed by atoms with Crippen molar-refractivity contribution in [3.63, 3.8) is 0 Å². The van der Waals surface area contributed by atoms with Crippen molar-refractivity contribution in [3.8, 4) is 0 Å². The Kier molecular flexibility index (Phi) is 37.9. The maximum Gasteiger partial charge on any atom is 0.407 e. The molecule has 3 aromatic carbocycles. The van der Waals surface area contributed by atoms with Gasteiger partial charge < -0.3 is 64.7 Å². The lowest BCUT2D eigenvalue weighted by atomic mass is 9.80. The highest BCUT2D eigenvalue weighted by atomic mass is 16.6. The Balaban J connectivity index is 0.000000204. The molecule has 8 amide bonds. The summed E-state index contributed by atoms with van der Waals surface area (Å²) in [6, 6.07) is 32.3. The van der Waals surface area contributed by atoms with Crippen LogP contribution in [0.4, 0.5) is 24.9 Å². The minimum atomic E-state index is -0.477. The van der Waals surface area contributed by atoms with Crippen molar-refractivity contribution < 1.29 is 57.3 Å². The fourth-order valence-electron chi connectivity index (χ4n) is 19.8. The minimum absolute atomic E-state index is 0. The van der Waals surface area contributed by atoms with Crippen LogP contribution in [0.2, 0.25) is 0 Å². The van der Waals surface area contributed by atoms with Gasteiger partial charge in [-0.3, -0.25) is 24.2 Å². The molecule has 22 heteroatoms. The average Bonchev–Trinajstić information content (AvgIpc) is 1.58. The molecule has 3 saturated heterocycles. The van der Waals surface area contributed by atoms with Gasteiger partial charge in [0.05, 0.1) is 6.04 Å². The van der Waals surface area contributed by atoms with Crippen molar-refractivity contribution in [1.82, 2.24) is 45.9 Å². The van der Waals surface area contributed by atoms with Crippen LogP contribution < -0.4 is 26.2 Å². The molecule has 6 aliphatic carbocycles. The Morgan fingerprint density at radius 1 is 0.371 bits per heavy atom. The van der Waals surface area contributed by atoms with Crippen LogP contribution in [-0.2, 0) is 44.5 Å². The topological polar surface area (TPSA) is 251 Å². The van der Waals surface area contributed by atoms with Crippen LogP contribution in [0.1, 0.15) is 293 Å². The molecule has 4 aliphatic heterocycles. The zero-order valence-corrected chi connectivity index (χ0v) is 75.5. The number of alkyl carbamates (subject to hydrolysis) is 4. The van der Waals surface area contributed by atoms with E-state index in [1.807, 2.05) is 106 Å². The molecule has 10 aliphatic rings. The molecule has 5 heterocycles. The van der Waals surface area contributed by atoms with Crippen molar-refractivity contribution in [2.24, 2.45) is 53.3 Å². The second-order valence-corrected chi connectivity index (χ2v) is 40.3. The highest BCUT2D eigenvalue weighted by Crippen LogP contribution is 2.50. The number of hydrogen-bond donors (Lipinski definition) is 4. The van der Waals surface area contributed by atoms with E-state index >= 15 is 0 Å². The summed E-state index contributed by atoms with van der Waals surface area (Å²) in [5.74, 6) is 5.44. The van der Waals surface area contributed by atoms with Gasteiger partial charge in [-0.15, -0.1) is 0 Å². The van der Waals surface area contributed by atoms with E-state index in [0.717, 1.165) is 200 Å². The second-order valence-electron chi connectivity index (χ2n) is 40.3. The number of para-hydroxylation sites is 1. The molecule has 14 rings (SSSR count). The normalized spacial score (nSPS) is 23.7. The van der Waals surface area contributed by atoms with E-state index in [9.17, 15) is 38.4 Å². The summed E-state index contributed by atoms with van der Waals surface area (Å²) in [6.07, 6.45) is 26.3. The van der Waals surface area contributed by atoms with Crippen molar-refractivity contribution >= 4 is 59.3 Å². The molecule has 688 valence electrons. The van der Waals surface area contributed by atoms with E-state index in [0.29, 0.717) is 97.3 Å². The number of piperidine rings is 2. The maximum absolute atomic E-state index is 13.8. The summed E-state index contributed by atoms with van der Waals surface area (Å²) < 4.78 is 21.2. The highest BCUT2D eigenvalue weighted by molar-refractivity contribution is 5.86. The van der Waals surface area contributed by atoms with E-state index in [2.05, 4.69) is 138 Å². The van der Waals surface area contributed by atoms with Gasteiger partial charge >= 0.3 is 24.4 Å². The average molecular weight is 1720 g/mol. The van der Waals surface area contributed by atoms with Gasteiger partial charge in [0.15, 0.2) is 0 Å². The Bertz CT molecular complexity index is 3750. The molecule has 1 unspecified atom stereocenters. The predicted molar refractivity (Wildman–Crippen MR) is 497 cm³/mol. The van der Waals surface area contributed by atoms with Crippen molar-refractivity contribution in [3.05, 3.63) is 137 Å². The maximum atomic E-state index is 13.8. The van der Waals surface area contributed by atoms with E-state index in [1.54, 1.807) is 11.1 Å². The zero-order valence-electron chi connectivity index (χ0n) is 75.5.